The lowest BCUT2D eigenvalue weighted by atomic mass is 10.1. The number of carbonyl (C=O) groups is 1. The highest BCUT2D eigenvalue weighted by atomic mass is 32.2. The van der Waals surface area contributed by atoms with Gasteiger partial charge in [0.05, 0.1) is 0 Å². The number of hydrogen-bond acceptors (Lipinski definition) is 5. The first-order chi connectivity index (χ1) is 13.1. The summed E-state index contributed by atoms with van der Waals surface area (Å²) in [5, 5.41) is 12.5. The maximum Gasteiger partial charge on any atom is 0.220 e. The predicted octanol–water partition coefficient (Wildman–Crippen LogP) is 2.95. The second-order valence-corrected chi connectivity index (χ2v) is 8.14. The van der Waals surface area contributed by atoms with Crippen LogP contribution in [-0.4, -0.2) is 57.0 Å². The maximum absolute atomic E-state index is 12.1. The van der Waals surface area contributed by atoms with Crippen molar-refractivity contribution in [1.29, 1.82) is 0 Å². The molecule has 2 heterocycles. The number of piperidine rings is 1. The highest BCUT2D eigenvalue weighted by Crippen LogP contribution is 2.22. The normalized spacial score (nSPS) is 16.2. The molecule has 0 spiro atoms. The minimum atomic E-state index is 0.108. The Morgan fingerprint density at radius 2 is 1.93 bits per heavy atom. The van der Waals surface area contributed by atoms with Gasteiger partial charge in [-0.1, -0.05) is 48.5 Å². The molecule has 1 atom stereocenters. The predicted molar refractivity (Wildman–Crippen MR) is 110 cm³/mol. The van der Waals surface area contributed by atoms with Gasteiger partial charge in [0.1, 0.15) is 0 Å². The summed E-state index contributed by atoms with van der Waals surface area (Å²) >= 11 is 1.57. The molecular weight excluding hydrogens is 358 g/mol. The molecule has 0 radical (unpaired) electrons. The number of nitrogens with one attached hydrogen (secondary N) is 1. The molecule has 3 rings (SSSR count). The summed E-state index contributed by atoms with van der Waals surface area (Å²) in [7, 11) is 1.96. The van der Waals surface area contributed by atoms with Crippen LogP contribution in [0.2, 0.25) is 0 Å². The molecule has 7 heteroatoms. The molecule has 0 saturated carbocycles. The van der Waals surface area contributed by atoms with E-state index in [-0.39, 0.29) is 5.91 Å². The Labute approximate surface area is 165 Å². The van der Waals surface area contributed by atoms with Crippen LogP contribution in [0, 0.1) is 0 Å². The largest absolute Gasteiger partial charge is 0.355 e. The van der Waals surface area contributed by atoms with E-state index in [9.17, 15) is 4.79 Å². The fourth-order valence-corrected chi connectivity index (χ4v) is 4.20. The molecule has 0 bridgehead atoms. The SMILES string of the molecule is CC(CNC(=O)CCSc1nnc(-c2ccccc2)n1C)N1CCCCC1. The van der Waals surface area contributed by atoms with Gasteiger partial charge in [-0.3, -0.25) is 9.69 Å². The van der Waals surface area contributed by atoms with E-state index in [2.05, 4.69) is 27.3 Å². The second kappa shape index (κ2) is 9.90. The Morgan fingerprint density at radius 3 is 2.67 bits per heavy atom. The maximum atomic E-state index is 12.1. The molecule has 6 nitrogen and oxygen atoms in total. The number of thioether (sulfide) groups is 1. The van der Waals surface area contributed by atoms with Crippen LogP contribution in [0.4, 0.5) is 0 Å². The monoisotopic (exact) mass is 387 g/mol. The standard InChI is InChI=1S/C20H29N5OS/c1-16(25-12-7-4-8-13-25)15-21-18(26)11-14-27-20-23-22-19(24(20)2)17-9-5-3-6-10-17/h3,5-6,9-10,16H,4,7-8,11-15H2,1-2H3,(H,21,26). The van der Waals surface area contributed by atoms with Crippen LogP contribution in [0.15, 0.2) is 35.5 Å². The molecule has 1 aliphatic rings. The Hall–Kier alpha value is -1.86. The van der Waals surface area contributed by atoms with Crippen molar-refractivity contribution in [2.75, 3.05) is 25.4 Å². The topological polar surface area (TPSA) is 63.1 Å². The molecule has 2 aromatic rings. The average Bonchev–Trinajstić information content (AvgIpc) is 3.08. The van der Waals surface area contributed by atoms with E-state index in [0.29, 0.717) is 18.2 Å². The Bertz CT molecular complexity index is 727. The molecule has 1 fully saturated rings. The van der Waals surface area contributed by atoms with Crippen LogP contribution in [0.1, 0.15) is 32.6 Å². The first kappa shape index (κ1) is 19.9. The van der Waals surface area contributed by atoms with Crippen LogP contribution < -0.4 is 5.32 Å². The van der Waals surface area contributed by atoms with Gasteiger partial charge >= 0.3 is 0 Å². The van der Waals surface area contributed by atoms with Crippen LogP contribution in [-0.2, 0) is 11.8 Å². The van der Waals surface area contributed by atoms with Crippen molar-refractivity contribution in [1.82, 2.24) is 25.0 Å². The molecule has 1 aromatic heterocycles. The van der Waals surface area contributed by atoms with E-state index in [1.807, 2.05) is 41.9 Å². The molecule has 1 aromatic carbocycles. The van der Waals surface area contributed by atoms with Gasteiger partial charge in [-0.2, -0.15) is 0 Å². The van der Waals surface area contributed by atoms with Gasteiger partial charge in [0, 0.05) is 37.4 Å². The van der Waals surface area contributed by atoms with Gasteiger partial charge < -0.3 is 9.88 Å². The van der Waals surface area contributed by atoms with Crippen molar-refractivity contribution in [2.45, 2.75) is 43.8 Å². The zero-order valence-corrected chi connectivity index (χ0v) is 17.0. The summed E-state index contributed by atoms with van der Waals surface area (Å²) in [6.45, 7) is 5.24. The van der Waals surface area contributed by atoms with Crippen molar-refractivity contribution in [3.8, 4) is 11.4 Å². The summed E-state index contributed by atoms with van der Waals surface area (Å²) < 4.78 is 1.98. The fourth-order valence-electron chi connectivity index (χ4n) is 3.35. The number of amides is 1. The van der Waals surface area contributed by atoms with Crippen molar-refractivity contribution in [2.24, 2.45) is 7.05 Å². The number of rotatable bonds is 8. The van der Waals surface area contributed by atoms with Crippen LogP contribution in [0.5, 0.6) is 0 Å². The van der Waals surface area contributed by atoms with E-state index < -0.39 is 0 Å². The summed E-state index contributed by atoms with van der Waals surface area (Å²) in [5.74, 6) is 1.65. The van der Waals surface area contributed by atoms with Crippen LogP contribution in [0.25, 0.3) is 11.4 Å². The highest BCUT2D eigenvalue weighted by molar-refractivity contribution is 7.99. The third kappa shape index (κ3) is 5.56. The van der Waals surface area contributed by atoms with Gasteiger partial charge in [0.2, 0.25) is 5.91 Å². The first-order valence-electron chi connectivity index (χ1n) is 9.73. The van der Waals surface area contributed by atoms with E-state index in [4.69, 9.17) is 0 Å². The van der Waals surface area contributed by atoms with Crippen molar-refractivity contribution >= 4 is 17.7 Å². The van der Waals surface area contributed by atoms with Crippen molar-refractivity contribution in [3.05, 3.63) is 30.3 Å². The van der Waals surface area contributed by atoms with E-state index in [1.54, 1.807) is 11.8 Å². The molecule has 0 aliphatic carbocycles. The lowest BCUT2D eigenvalue weighted by molar-refractivity contribution is -0.120. The van der Waals surface area contributed by atoms with Gasteiger partial charge in [-0.25, -0.2) is 0 Å². The van der Waals surface area contributed by atoms with E-state index in [0.717, 1.165) is 36.2 Å². The summed E-state index contributed by atoms with van der Waals surface area (Å²) in [6, 6.07) is 10.4. The number of aromatic nitrogens is 3. The zero-order chi connectivity index (χ0) is 19.1. The number of benzene rings is 1. The average molecular weight is 388 g/mol. The molecular formula is C20H29N5OS. The smallest absolute Gasteiger partial charge is 0.220 e. The summed E-state index contributed by atoms with van der Waals surface area (Å²) in [5.41, 5.74) is 1.05. The Balaban J connectivity index is 1.40. The minimum Gasteiger partial charge on any atom is -0.355 e. The second-order valence-electron chi connectivity index (χ2n) is 7.08. The molecule has 1 N–H and O–H groups in total. The fraction of sp³-hybridized carbons (Fsp3) is 0.550. The Morgan fingerprint density at radius 1 is 1.19 bits per heavy atom. The molecule has 1 unspecified atom stereocenters. The van der Waals surface area contributed by atoms with Gasteiger partial charge in [0.25, 0.3) is 0 Å². The highest BCUT2D eigenvalue weighted by Gasteiger charge is 2.17. The lowest BCUT2D eigenvalue weighted by Gasteiger charge is -2.32. The summed E-state index contributed by atoms with van der Waals surface area (Å²) in [4.78, 5) is 14.6. The molecule has 146 valence electrons. The first-order valence-corrected chi connectivity index (χ1v) is 10.7. The third-order valence-corrected chi connectivity index (χ3v) is 6.06. The molecule has 1 amide bonds. The van der Waals surface area contributed by atoms with Crippen LogP contribution >= 0.6 is 11.8 Å². The lowest BCUT2D eigenvalue weighted by Crippen LogP contribution is -2.44. The van der Waals surface area contributed by atoms with Crippen molar-refractivity contribution < 1.29 is 4.79 Å². The molecule has 1 saturated heterocycles. The minimum absolute atomic E-state index is 0.108. The molecule has 1 aliphatic heterocycles. The Kier molecular flexibility index (Phi) is 7.29. The van der Waals surface area contributed by atoms with Crippen molar-refractivity contribution in [3.63, 3.8) is 0 Å². The zero-order valence-electron chi connectivity index (χ0n) is 16.2. The molecule has 27 heavy (non-hydrogen) atoms. The van der Waals surface area contributed by atoms with E-state index in [1.165, 1.54) is 19.3 Å². The number of hydrogen-bond donors (Lipinski definition) is 1. The quantitative estimate of drug-likeness (QED) is 0.706. The van der Waals surface area contributed by atoms with Gasteiger partial charge in [-0.05, 0) is 32.9 Å². The van der Waals surface area contributed by atoms with Gasteiger partial charge in [-0.15, -0.1) is 10.2 Å². The number of carbonyl (C=O) groups excluding carboxylic acids is 1. The van der Waals surface area contributed by atoms with Gasteiger partial charge in [0.15, 0.2) is 11.0 Å². The van der Waals surface area contributed by atoms with E-state index >= 15 is 0 Å². The number of likely N-dealkylation sites (tertiary alicyclic amines) is 1. The number of nitrogens with zero attached hydrogens (tertiary/aromatic N) is 4. The third-order valence-electron chi connectivity index (χ3n) is 5.04. The van der Waals surface area contributed by atoms with Crippen LogP contribution in [0.3, 0.4) is 0 Å². The summed E-state index contributed by atoms with van der Waals surface area (Å²) in [6.07, 6.45) is 4.38.